The third-order valence-electron chi connectivity index (χ3n) is 5.15. The van der Waals surface area contributed by atoms with Crippen molar-refractivity contribution in [3.05, 3.63) is 48.2 Å². The van der Waals surface area contributed by atoms with E-state index in [2.05, 4.69) is 24.0 Å². The summed E-state index contributed by atoms with van der Waals surface area (Å²) in [5.41, 5.74) is 0.459. The van der Waals surface area contributed by atoms with Gasteiger partial charge < -0.3 is 14.9 Å². The maximum Gasteiger partial charge on any atom is 0.223 e. The maximum atomic E-state index is 12.6. The quantitative estimate of drug-likeness (QED) is 0.895. The Bertz CT molecular complexity index is 634. The van der Waals surface area contributed by atoms with E-state index in [1.807, 2.05) is 40.3 Å². The van der Waals surface area contributed by atoms with Crippen molar-refractivity contribution in [2.75, 3.05) is 26.3 Å². The molecule has 1 amide bonds. The van der Waals surface area contributed by atoms with Crippen LogP contribution in [-0.4, -0.2) is 58.9 Å². The number of piperidine rings is 1. The van der Waals surface area contributed by atoms with Crippen molar-refractivity contribution in [1.82, 2.24) is 9.80 Å². The molecule has 1 aromatic rings. The average molecular weight is 341 g/mol. The zero-order valence-corrected chi connectivity index (χ0v) is 14.8. The third-order valence-corrected chi connectivity index (χ3v) is 5.15. The lowest BCUT2D eigenvalue weighted by Gasteiger charge is -2.41. The minimum Gasteiger partial charge on any atom is -0.388 e. The molecule has 5 nitrogen and oxygen atoms in total. The molecule has 1 fully saturated rings. The highest BCUT2D eigenvalue weighted by Crippen LogP contribution is 2.26. The molecule has 1 atom stereocenters. The number of amides is 1. The number of rotatable bonds is 5. The van der Waals surface area contributed by atoms with Crippen molar-refractivity contribution in [3.63, 3.8) is 0 Å². The minimum absolute atomic E-state index is 0.181. The first-order valence-corrected chi connectivity index (χ1v) is 9.01. The van der Waals surface area contributed by atoms with E-state index in [9.17, 15) is 9.90 Å². The van der Waals surface area contributed by atoms with Crippen LogP contribution >= 0.6 is 0 Å². The van der Waals surface area contributed by atoms with Gasteiger partial charge in [0.05, 0.1) is 5.60 Å². The number of carbonyl (C=O) groups is 1. The molecule has 0 saturated carbocycles. The van der Waals surface area contributed by atoms with Crippen LogP contribution in [0.25, 0.3) is 0 Å². The van der Waals surface area contributed by atoms with Gasteiger partial charge in [-0.15, -0.1) is 0 Å². The third kappa shape index (κ3) is 4.69. The fourth-order valence-corrected chi connectivity index (χ4v) is 3.52. The Morgan fingerprint density at radius 3 is 2.64 bits per heavy atom. The van der Waals surface area contributed by atoms with Crippen LogP contribution in [0.2, 0.25) is 0 Å². The Labute approximate surface area is 149 Å². The molecule has 134 valence electrons. The van der Waals surface area contributed by atoms with Crippen LogP contribution in [0.1, 0.15) is 37.7 Å². The number of hydrogen-bond acceptors (Lipinski definition) is 4. The molecule has 2 heterocycles. The lowest BCUT2D eigenvalue weighted by molar-refractivity contribution is -0.136. The number of carbonyl (C=O) groups excluding carboxylic acids is 1. The fraction of sp³-hybridized carbons (Fsp3) is 0.500. The first kappa shape index (κ1) is 17.7. The van der Waals surface area contributed by atoms with Crippen LogP contribution in [0.3, 0.4) is 0 Å². The highest BCUT2D eigenvalue weighted by molar-refractivity contribution is 5.77. The van der Waals surface area contributed by atoms with Crippen LogP contribution < -0.4 is 0 Å². The highest BCUT2D eigenvalue weighted by atomic mass is 16.3. The van der Waals surface area contributed by atoms with E-state index in [0.717, 1.165) is 0 Å². The lowest BCUT2D eigenvalue weighted by atomic mass is 9.90. The average Bonchev–Trinajstić information content (AvgIpc) is 2.63. The van der Waals surface area contributed by atoms with Crippen molar-refractivity contribution in [3.8, 4) is 0 Å². The Balaban J connectivity index is 1.48. The summed E-state index contributed by atoms with van der Waals surface area (Å²) < 4.78 is 0. The van der Waals surface area contributed by atoms with Crippen LogP contribution in [-0.2, 0) is 4.79 Å². The molecule has 0 aromatic heterocycles. The molecular weight excluding hydrogens is 314 g/mol. The number of nitrogens with zero attached hydrogens (tertiary/aromatic N) is 3. The summed E-state index contributed by atoms with van der Waals surface area (Å²) in [6, 6.07) is 10.2. The first-order valence-electron chi connectivity index (χ1n) is 9.01. The maximum absolute atomic E-state index is 12.6. The Morgan fingerprint density at radius 1 is 1.28 bits per heavy atom. The second-order valence-electron chi connectivity index (χ2n) is 7.18. The molecule has 5 heteroatoms. The summed E-state index contributed by atoms with van der Waals surface area (Å²) in [5, 5.41) is 10.8. The van der Waals surface area contributed by atoms with Crippen LogP contribution in [0.4, 0.5) is 0 Å². The van der Waals surface area contributed by atoms with Crippen LogP contribution in [0.5, 0.6) is 0 Å². The standard InChI is InChI=1S/C20H27N3O2/c1-17(18-6-3-2-4-7-18)14-19(24)23-12-8-20(25,9-13-23)15-22-11-5-10-21-16-22/h2-7,10-11,17,25H,8-9,12-16H2,1H3. The van der Waals surface area contributed by atoms with E-state index in [4.69, 9.17) is 0 Å². The number of aliphatic imine (C=N–C) groups is 1. The van der Waals surface area contributed by atoms with Crippen molar-refractivity contribution < 1.29 is 9.90 Å². The van der Waals surface area contributed by atoms with E-state index in [0.29, 0.717) is 45.6 Å². The van der Waals surface area contributed by atoms with Gasteiger partial charge in [-0.1, -0.05) is 37.3 Å². The van der Waals surface area contributed by atoms with Crippen molar-refractivity contribution in [2.45, 2.75) is 37.7 Å². The molecule has 3 rings (SSSR count). The second-order valence-corrected chi connectivity index (χ2v) is 7.18. The highest BCUT2D eigenvalue weighted by Gasteiger charge is 2.35. The smallest absolute Gasteiger partial charge is 0.223 e. The number of β-amino-alcohol motifs (C(OH)–C–C–N with tert-alkyl or cyclic N) is 1. The Kier molecular flexibility index (Phi) is 5.53. The molecule has 0 aliphatic carbocycles. The molecule has 2 aliphatic rings. The van der Waals surface area contributed by atoms with Gasteiger partial charge in [0.15, 0.2) is 0 Å². The molecule has 1 N–H and O–H groups in total. The second kappa shape index (κ2) is 7.83. The van der Waals surface area contributed by atoms with Gasteiger partial charge >= 0.3 is 0 Å². The largest absolute Gasteiger partial charge is 0.388 e. The molecule has 1 unspecified atom stereocenters. The summed E-state index contributed by atoms with van der Waals surface area (Å²) in [7, 11) is 0. The predicted molar refractivity (Wildman–Crippen MR) is 99.4 cm³/mol. The molecule has 0 radical (unpaired) electrons. The number of likely N-dealkylation sites (tertiary alicyclic amines) is 1. The number of aliphatic hydroxyl groups is 1. The molecule has 2 aliphatic heterocycles. The SMILES string of the molecule is CC(CC(=O)N1CCC(O)(CN2C=CC=NC2)CC1)c1ccccc1. The molecule has 25 heavy (non-hydrogen) atoms. The van der Waals surface area contributed by atoms with Gasteiger partial charge in [-0.05, 0) is 30.4 Å². The first-order chi connectivity index (χ1) is 12.1. The zero-order valence-electron chi connectivity index (χ0n) is 14.8. The van der Waals surface area contributed by atoms with Gasteiger partial charge in [0.1, 0.15) is 6.67 Å². The van der Waals surface area contributed by atoms with Crippen molar-refractivity contribution in [2.24, 2.45) is 4.99 Å². The van der Waals surface area contributed by atoms with Crippen LogP contribution in [0.15, 0.2) is 47.6 Å². The van der Waals surface area contributed by atoms with E-state index < -0.39 is 5.60 Å². The molecule has 0 bridgehead atoms. The van der Waals surface area contributed by atoms with Crippen molar-refractivity contribution in [1.29, 1.82) is 0 Å². The van der Waals surface area contributed by atoms with Crippen LogP contribution in [0, 0.1) is 0 Å². The van der Waals surface area contributed by atoms with Gasteiger partial charge in [0.25, 0.3) is 0 Å². The van der Waals surface area contributed by atoms with Gasteiger partial charge in [-0.25, -0.2) is 0 Å². The normalized spacial score (nSPS) is 20.6. The summed E-state index contributed by atoms with van der Waals surface area (Å²) in [6.45, 7) is 4.51. The summed E-state index contributed by atoms with van der Waals surface area (Å²) in [6.07, 6.45) is 7.38. The van der Waals surface area contributed by atoms with E-state index >= 15 is 0 Å². The van der Waals surface area contributed by atoms with E-state index in [1.54, 1.807) is 6.21 Å². The molecular formula is C20H27N3O2. The number of benzene rings is 1. The van der Waals surface area contributed by atoms with Gasteiger partial charge in [-0.3, -0.25) is 9.79 Å². The molecule has 1 saturated heterocycles. The van der Waals surface area contributed by atoms with Gasteiger partial charge in [-0.2, -0.15) is 0 Å². The lowest BCUT2D eigenvalue weighted by Crippen LogP contribution is -2.51. The van der Waals surface area contributed by atoms with E-state index in [1.165, 1.54) is 5.56 Å². The molecule has 0 spiro atoms. The number of hydrogen-bond donors (Lipinski definition) is 1. The predicted octanol–water partition coefficient (Wildman–Crippen LogP) is 2.39. The summed E-state index contributed by atoms with van der Waals surface area (Å²) in [5.74, 6) is 0.395. The van der Waals surface area contributed by atoms with Gasteiger partial charge in [0, 0.05) is 38.5 Å². The fourth-order valence-electron chi connectivity index (χ4n) is 3.52. The summed E-state index contributed by atoms with van der Waals surface area (Å²) >= 11 is 0. The monoisotopic (exact) mass is 341 g/mol. The zero-order chi connectivity index (χ0) is 17.7. The van der Waals surface area contributed by atoms with Crippen molar-refractivity contribution >= 4 is 12.1 Å². The minimum atomic E-state index is -0.737. The Morgan fingerprint density at radius 2 is 2.00 bits per heavy atom. The Hall–Kier alpha value is -2.14. The van der Waals surface area contributed by atoms with Gasteiger partial charge in [0.2, 0.25) is 5.91 Å². The number of allylic oxidation sites excluding steroid dienone is 1. The van der Waals surface area contributed by atoms with E-state index in [-0.39, 0.29) is 11.8 Å². The molecule has 1 aromatic carbocycles. The topological polar surface area (TPSA) is 56.1 Å². The summed E-state index contributed by atoms with van der Waals surface area (Å²) in [4.78, 5) is 20.7.